The summed E-state index contributed by atoms with van der Waals surface area (Å²) in [7, 11) is 1.60. The molecule has 0 spiro atoms. The van der Waals surface area contributed by atoms with Crippen LogP contribution >= 0.6 is 0 Å². The molecule has 4 nitrogen and oxygen atoms in total. The fourth-order valence-corrected chi connectivity index (χ4v) is 1.77. The molecule has 0 bridgehead atoms. The molecule has 0 heterocycles. The number of rotatable bonds is 6. The zero-order chi connectivity index (χ0) is 15.8. The fourth-order valence-electron chi connectivity index (χ4n) is 1.77. The van der Waals surface area contributed by atoms with Gasteiger partial charge in [0.2, 0.25) is 0 Å². The molecule has 0 saturated heterocycles. The standard InChI is InChI=1S/C18H16O4/c1-21-17-9-6-16(7-10-17)13-22-18(20)11-8-14-2-4-15(12-19)5-3-14/h2-12H,13H2,1H3. The van der Waals surface area contributed by atoms with Crippen molar-refractivity contribution in [2.75, 3.05) is 7.11 Å². The van der Waals surface area contributed by atoms with Gasteiger partial charge < -0.3 is 9.47 Å². The molecule has 0 aliphatic carbocycles. The summed E-state index contributed by atoms with van der Waals surface area (Å²) >= 11 is 0. The predicted octanol–water partition coefficient (Wildman–Crippen LogP) is 3.26. The number of ether oxygens (including phenoxy) is 2. The van der Waals surface area contributed by atoms with E-state index in [2.05, 4.69) is 0 Å². The van der Waals surface area contributed by atoms with Gasteiger partial charge in [-0.25, -0.2) is 4.79 Å². The Bertz CT molecular complexity index is 654. The van der Waals surface area contributed by atoms with Crippen molar-refractivity contribution in [2.45, 2.75) is 6.61 Å². The van der Waals surface area contributed by atoms with Gasteiger partial charge in [-0.2, -0.15) is 0 Å². The highest BCUT2D eigenvalue weighted by molar-refractivity contribution is 5.87. The van der Waals surface area contributed by atoms with Crippen molar-refractivity contribution in [3.63, 3.8) is 0 Å². The van der Waals surface area contributed by atoms with Crippen molar-refractivity contribution in [3.05, 3.63) is 71.3 Å². The van der Waals surface area contributed by atoms with E-state index in [9.17, 15) is 9.59 Å². The van der Waals surface area contributed by atoms with Crippen LogP contribution in [0.1, 0.15) is 21.5 Å². The van der Waals surface area contributed by atoms with Gasteiger partial charge in [-0.05, 0) is 29.3 Å². The Morgan fingerprint density at radius 2 is 1.64 bits per heavy atom. The lowest BCUT2D eigenvalue weighted by atomic mass is 10.1. The van der Waals surface area contributed by atoms with Crippen LogP contribution < -0.4 is 4.74 Å². The maximum Gasteiger partial charge on any atom is 0.331 e. The maximum atomic E-state index is 11.6. The van der Waals surface area contributed by atoms with Gasteiger partial charge in [0.25, 0.3) is 0 Å². The number of benzene rings is 2. The smallest absolute Gasteiger partial charge is 0.331 e. The first kappa shape index (κ1) is 15.5. The SMILES string of the molecule is COc1ccc(COC(=O)C=Cc2ccc(C=O)cc2)cc1. The van der Waals surface area contributed by atoms with Crippen LogP contribution in [0.4, 0.5) is 0 Å². The molecule has 0 N–H and O–H groups in total. The van der Waals surface area contributed by atoms with Crippen molar-refractivity contribution >= 4 is 18.3 Å². The van der Waals surface area contributed by atoms with Crippen LogP contribution in [-0.4, -0.2) is 19.4 Å². The van der Waals surface area contributed by atoms with E-state index in [0.29, 0.717) is 5.56 Å². The fraction of sp³-hybridized carbons (Fsp3) is 0.111. The zero-order valence-electron chi connectivity index (χ0n) is 12.2. The van der Waals surface area contributed by atoms with E-state index in [1.807, 2.05) is 24.3 Å². The van der Waals surface area contributed by atoms with Crippen molar-refractivity contribution in [1.82, 2.24) is 0 Å². The van der Waals surface area contributed by atoms with E-state index in [1.165, 1.54) is 6.08 Å². The van der Waals surface area contributed by atoms with Crippen LogP contribution in [-0.2, 0) is 16.1 Å². The summed E-state index contributed by atoms with van der Waals surface area (Å²) in [6.45, 7) is 0.206. The third-order valence-corrected chi connectivity index (χ3v) is 3.02. The van der Waals surface area contributed by atoms with Crippen LogP contribution in [0.15, 0.2) is 54.6 Å². The number of methoxy groups -OCH3 is 1. The molecule has 0 aliphatic heterocycles. The summed E-state index contributed by atoms with van der Waals surface area (Å²) in [5.41, 5.74) is 2.31. The number of carbonyl (C=O) groups is 2. The van der Waals surface area contributed by atoms with Gasteiger partial charge in [0.15, 0.2) is 0 Å². The van der Waals surface area contributed by atoms with Gasteiger partial charge in [0, 0.05) is 11.6 Å². The first-order chi connectivity index (χ1) is 10.7. The van der Waals surface area contributed by atoms with E-state index in [4.69, 9.17) is 9.47 Å². The van der Waals surface area contributed by atoms with Crippen molar-refractivity contribution in [3.8, 4) is 5.75 Å². The normalized spacial score (nSPS) is 10.4. The minimum Gasteiger partial charge on any atom is -0.497 e. The van der Waals surface area contributed by atoms with Crippen LogP contribution in [0.3, 0.4) is 0 Å². The van der Waals surface area contributed by atoms with Gasteiger partial charge in [0.1, 0.15) is 18.6 Å². The van der Waals surface area contributed by atoms with Gasteiger partial charge in [0.05, 0.1) is 7.11 Å². The van der Waals surface area contributed by atoms with E-state index in [1.54, 1.807) is 37.5 Å². The number of hydrogen-bond acceptors (Lipinski definition) is 4. The molecule has 2 aromatic rings. The van der Waals surface area contributed by atoms with Gasteiger partial charge in [-0.1, -0.05) is 36.4 Å². The molecular weight excluding hydrogens is 280 g/mol. The van der Waals surface area contributed by atoms with Gasteiger partial charge >= 0.3 is 5.97 Å². The van der Waals surface area contributed by atoms with E-state index in [0.717, 1.165) is 23.2 Å². The highest BCUT2D eigenvalue weighted by Gasteiger charge is 2.00. The molecule has 112 valence electrons. The molecule has 0 amide bonds. The van der Waals surface area contributed by atoms with Gasteiger partial charge in [-0.3, -0.25) is 4.79 Å². The second kappa shape index (κ2) is 7.78. The van der Waals surface area contributed by atoms with Crippen LogP contribution in [0.2, 0.25) is 0 Å². The summed E-state index contributed by atoms with van der Waals surface area (Å²) in [5.74, 6) is 0.337. The lowest BCUT2D eigenvalue weighted by Gasteiger charge is -2.04. The maximum absolute atomic E-state index is 11.6. The number of aldehydes is 1. The second-order valence-corrected chi connectivity index (χ2v) is 4.57. The molecule has 0 atom stereocenters. The minimum atomic E-state index is -0.421. The molecule has 0 fully saturated rings. The molecule has 0 radical (unpaired) electrons. The van der Waals surface area contributed by atoms with Gasteiger partial charge in [-0.15, -0.1) is 0 Å². The van der Waals surface area contributed by atoms with Crippen molar-refractivity contribution < 1.29 is 19.1 Å². The summed E-state index contributed by atoms with van der Waals surface area (Å²) in [5, 5.41) is 0. The summed E-state index contributed by atoms with van der Waals surface area (Å²) in [6.07, 6.45) is 3.78. The van der Waals surface area contributed by atoms with Crippen LogP contribution in [0.25, 0.3) is 6.08 Å². The number of esters is 1. The molecule has 0 saturated carbocycles. The first-order valence-corrected chi connectivity index (χ1v) is 6.74. The molecule has 4 heteroatoms. The van der Waals surface area contributed by atoms with E-state index < -0.39 is 5.97 Å². The zero-order valence-corrected chi connectivity index (χ0v) is 12.2. The monoisotopic (exact) mass is 296 g/mol. The Balaban J connectivity index is 1.85. The summed E-state index contributed by atoms with van der Waals surface area (Å²) in [6, 6.07) is 14.2. The predicted molar refractivity (Wildman–Crippen MR) is 83.7 cm³/mol. The molecule has 0 aromatic heterocycles. The quantitative estimate of drug-likeness (QED) is 0.466. The average Bonchev–Trinajstić information content (AvgIpc) is 2.59. The Kier molecular flexibility index (Phi) is 5.49. The Morgan fingerprint density at radius 3 is 2.23 bits per heavy atom. The lowest BCUT2D eigenvalue weighted by molar-refractivity contribution is -0.138. The highest BCUT2D eigenvalue weighted by atomic mass is 16.5. The Hall–Kier alpha value is -2.88. The molecule has 2 aromatic carbocycles. The third-order valence-electron chi connectivity index (χ3n) is 3.02. The number of hydrogen-bond donors (Lipinski definition) is 0. The van der Waals surface area contributed by atoms with E-state index >= 15 is 0 Å². The largest absolute Gasteiger partial charge is 0.497 e. The third kappa shape index (κ3) is 4.59. The highest BCUT2D eigenvalue weighted by Crippen LogP contribution is 2.12. The summed E-state index contributed by atoms with van der Waals surface area (Å²) in [4.78, 5) is 22.2. The molecule has 0 aliphatic rings. The molecule has 22 heavy (non-hydrogen) atoms. The lowest BCUT2D eigenvalue weighted by Crippen LogP contribution is -2.00. The van der Waals surface area contributed by atoms with Crippen molar-refractivity contribution in [2.24, 2.45) is 0 Å². The average molecular weight is 296 g/mol. The van der Waals surface area contributed by atoms with Crippen LogP contribution in [0.5, 0.6) is 5.75 Å². The molecule has 0 unspecified atom stereocenters. The Morgan fingerprint density at radius 1 is 1.00 bits per heavy atom. The van der Waals surface area contributed by atoms with Crippen LogP contribution in [0, 0.1) is 0 Å². The molecule has 2 rings (SSSR count). The molecular formula is C18H16O4. The first-order valence-electron chi connectivity index (χ1n) is 6.74. The topological polar surface area (TPSA) is 52.6 Å². The van der Waals surface area contributed by atoms with E-state index in [-0.39, 0.29) is 6.61 Å². The number of carbonyl (C=O) groups excluding carboxylic acids is 2. The Labute approximate surface area is 129 Å². The van der Waals surface area contributed by atoms with Crippen molar-refractivity contribution in [1.29, 1.82) is 0 Å². The second-order valence-electron chi connectivity index (χ2n) is 4.57. The minimum absolute atomic E-state index is 0.206. The summed E-state index contributed by atoms with van der Waals surface area (Å²) < 4.78 is 10.2.